The molecule has 0 fully saturated rings. The monoisotopic (exact) mass is 259 g/mol. The molecule has 3 aromatic rings. The smallest absolute Gasteiger partial charge is 0.0769 e. The van der Waals surface area contributed by atoms with Crippen LogP contribution in [0.5, 0.6) is 0 Å². The molecule has 0 aliphatic heterocycles. The van der Waals surface area contributed by atoms with Crippen LogP contribution in [0, 0.1) is 0 Å². The summed E-state index contributed by atoms with van der Waals surface area (Å²) in [6.07, 6.45) is 3.02. The molecule has 3 nitrogen and oxygen atoms in total. The lowest BCUT2D eigenvalue weighted by atomic mass is 10.2. The molecule has 0 amide bonds. The lowest BCUT2D eigenvalue weighted by Crippen LogP contribution is -2.22. The van der Waals surface area contributed by atoms with Crippen LogP contribution in [-0.2, 0) is 13.0 Å². The molecule has 94 valence electrons. The van der Waals surface area contributed by atoms with Gasteiger partial charge in [-0.3, -0.25) is 4.68 Å². The van der Waals surface area contributed by atoms with Gasteiger partial charge in [-0.15, -0.1) is 11.3 Å². The summed E-state index contributed by atoms with van der Waals surface area (Å²) in [5.41, 5.74) is 7.11. The highest BCUT2D eigenvalue weighted by molar-refractivity contribution is 7.19. The van der Waals surface area contributed by atoms with Crippen molar-refractivity contribution in [1.82, 2.24) is 9.78 Å². The maximum atomic E-state index is 5.89. The normalized spacial score (nSPS) is 13.5. The van der Waals surface area contributed by atoms with Gasteiger partial charge in [-0.2, -0.15) is 5.10 Å². The number of fused-ring (bicyclic) bond motifs is 3. The molecule has 0 radical (unpaired) electrons. The lowest BCUT2D eigenvalue weighted by Gasteiger charge is -2.07. The van der Waals surface area contributed by atoms with Crippen LogP contribution in [0.25, 0.3) is 21.0 Å². The summed E-state index contributed by atoms with van der Waals surface area (Å²) in [5, 5.41) is 6.97. The van der Waals surface area contributed by atoms with Gasteiger partial charge in [0, 0.05) is 26.4 Å². The van der Waals surface area contributed by atoms with Crippen molar-refractivity contribution in [2.75, 3.05) is 0 Å². The first-order valence-corrected chi connectivity index (χ1v) is 7.13. The Hall–Kier alpha value is -1.39. The number of hydrogen-bond acceptors (Lipinski definition) is 3. The number of hydrogen-bond donors (Lipinski definition) is 1. The van der Waals surface area contributed by atoms with Gasteiger partial charge in [0.25, 0.3) is 0 Å². The summed E-state index contributed by atoms with van der Waals surface area (Å²) in [6.45, 7) is 4.97. The Labute approximate surface area is 110 Å². The van der Waals surface area contributed by atoms with Crippen molar-refractivity contribution in [2.24, 2.45) is 5.73 Å². The number of nitrogens with two attached hydrogens (primary N) is 1. The van der Waals surface area contributed by atoms with Gasteiger partial charge in [-0.05, 0) is 31.5 Å². The highest BCUT2D eigenvalue weighted by Gasteiger charge is 2.10. The van der Waals surface area contributed by atoms with E-state index in [1.165, 1.54) is 25.9 Å². The molecule has 1 atom stereocenters. The summed E-state index contributed by atoms with van der Waals surface area (Å²) in [4.78, 5) is 1.42. The summed E-state index contributed by atoms with van der Waals surface area (Å²) in [6, 6.07) is 6.76. The lowest BCUT2D eigenvalue weighted by molar-refractivity contribution is 0.554. The van der Waals surface area contributed by atoms with Crippen molar-refractivity contribution in [1.29, 1.82) is 0 Å². The second-order valence-corrected chi connectivity index (χ2v) is 5.95. The van der Waals surface area contributed by atoms with Crippen molar-refractivity contribution >= 4 is 32.3 Å². The predicted octanol–water partition coefficient (Wildman–Crippen LogP) is 3.16. The highest BCUT2D eigenvalue weighted by Crippen LogP contribution is 2.32. The Balaban J connectivity index is 2.29. The first-order chi connectivity index (χ1) is 8.69. The molecule has 1 aromatic carbocycles. The Kier molecular flexibility index (Phi) is 2.84. The average molecular weight is 259 g/mol. The number of thiophene rings is 1. The zero-order valence-electron chi connectivity index (χ0n) is 10.7. The molecule has 0 bridgehead atoms. The number of aromatic nitrogens is 2. The van der Waals surface area contributed by atoms with E-state index in [1.54, 1.807) is 0 Å². The third-order valence-corrected chi connectivity index (χ3v) is 4.40. The van der Waals surface area contributed by atoms with Crippen LogP contribution in [0.1, 0.15) is 18.7 Å². The summed E-state index contributed by atoms with van der Waals surface area (Å²) < 4.78 is 3.37. The Morgan fingerprint density at radius 3 is 3.00 bits per heavy atom. The van der Waals surface area contributed by atoms with E-state index in [0.29, 0.717) is 0 Å². The molecule has 1 unspecified atom stereocenters. The summed E-state index contributed by atoms with van der Waals surface area (Å²) in [7, 11) is 0. The maximum Gasteiger partial charge on any atom is 0.0769 e. The fourth-order valence-electron chi connectivity index (χ4n) is 2.33. The molecule has 0 spiro atoms. The molecule has 2 heterocycles. The van der Waals surface area contributed by atoms with Crippen LogP contribution in [0.3, 0.4) is 0 Å². The first kappa shape index (κ1) is 11.7. The van der Waals surface area contributed by atoms with Gasteiger partial charge < -0.3 is 5.73 Å². The second-order valence-electron chi connectivity index (χ2n) is 4.79. The predicted molar refractivity (Wildman–Crippen MR) is 78.1 cm³/mol. The van der Waals surface area contributed by atoms with Gasteiger partial charge in [-0.1, -0.05) is 6.92 Å². The van der Waals surface area contributed by atoms with Gasteiger partial charge in [0.1, 0.15) is 0 Å². The van der Waals surface area contributed by atoms with E-state index < -0.39 is 0 Å². The van der Waals surface area contributed by atoms with Crippen molar-refractivity contribution in [2.45, 2.75) is 32.9 Å². The van der Waals surface area contributed by atoms with Gasteiger partial charge >= 0.3 is 0 Å². The zero-order chi connectivity index (χ0) is 12.7. The maximum absolute atomic E-state index is 5.89. The molecule has 0 aliphatic carbocycles. The number of benzene rings is 1. The van der Waals surface area contributed by atoms with Crippen molar-refractivity contribution in [3.05, 3.63) is 29.3 Å². The summed E-state index contributed by atoms with van der Waals surface area (Å²) in [5.74, 6) is 0. The van der Waals surface area contributed by atoms with Crippen LogP contribution in [0.4, 0.5) is 0 Å². The molecule has 3 rings (SSSR count). The second kappa shape index (κ2) is 4.37. The Bertz CT molecular complexity index is 694. The minimum Gasteiger partial charge on any atom is -0.326 e. The quantitative estimate of drug-likeness (QED) is 0.785. The van der Waals surface area contributed by atoms with Crippen LogP contribution in [-0.4, -0.2) is 15.8 Å². The zero-order valence-corrected chi connectivity index (χ0v) is 11.5. The largest absolute Gasteiger partial charge is 0.326 e. The number of nitrogens with zero attached hydrogens (tertiary/aromatic N) is 2. The molecule has 0 aliphatic rings. The highest BCUT2D eigenvalue weighted by atomic mass is 32.1. The third-order valence-electron chi connectivity index (χ3n) is 3.16. The van der Waals surface area contributed by atoms with Crippen molar-refractivity contribution in [3.63, 3.8) is 0 Å². The van der Waals surface area contributed by atoms with Gasteiger partial charge in [0.2, 0.25) is 0 Å². The minimum absolute atomic E-state index is 0.118. The molecule has 0 saturated heterocycles. The third kappa shape index (κ3) is 1.82. The van der Waals surface area contributed by atoms with E-state index in [9.17, 15) is 0 Å². The minimum atomic E-state index is 0.118. The molecule has 0 saturated carbocycles. The molecular formula is C14H17N3S. The SMILES string of the molecule is CCc1cc2c(ccc3cnn(CC(C)N)c32)s1. The summed E-state index contributed by atoms with van der Waals surface area (Å²) >= 11 is 1.87. The Morgan fingerprint density at radius 1 is 1.44 bits per heavy atom. The molecule has 18 heavy (non-hydrogen) atoms. The molecule has 4 heteroatoms. The van der Waals surface area contributed by atoms with Gasteiger partial charge in [-0.25, -0.2) is 0 Å². The van der Waals surface area contributed by atoms with Crippen LogP contribution < -0.4 is 5.73 Å². The molecule has 2 aromatic heterocycles. The van der Waals surface area contributed by atoms with Crippen LogP contribution in [0.2, 0.25) is 0 Å². The van der Waals surface area contributed by atoms with Crippen molar-refractivity contribution in [3.8, 4) is 0 Å². The van der Waals surface area contributed by atoms with Gasteiger partial charge in [0.15, 0.2) is 0 Å². The standard InChI is InChI=1S/C14H17N3S/c1-3-11-6-12-13(18-11)5-4-10-7-16-17(14(10)12)8-9(2)15/h4-7,9H,3,8,15H2,1-2H3. The van der Waals surface area contributed by atoms with E-state index in [-0.39, 0.29) is 6.04 Å². The molecule has 2 N–H and O–H groups in total. The van der Waals surface area contributed by atoms with E-state index in [4.69, 9.17) is 5.73 Å². The average Bonchev–Trinajstić information content (AvgIpc) is 2.91. The van der Waals surface area contributed by atoms with E-state index >= 15 is 0 Å². The van der Waals surface area contributed by atoms with E-state index in [2.05, 4.69) is 30.2 Å². The van der Waals surface area contributed by atoms with Crippen molar-refractivity contribution < 1.29 is 0 Å². The Morgan fingerprint density at radius 2 is 2.28 bits per heavy atom. The van der Waals surface area contributed by atoms with E-state index in [1.807, 2.05) is 29.1 Å². The number of rotatable bonds is 3. The topological polar surface area (TPSA) is 43.8 Å². The fourth-order valence-corrected chi connectivity index (χ4v) is 3.34. The van der Waals surface area contributed by atoms with E-state index in [0.717, 1.165) is 13.0 Å². The van der Waals surface area contributed by atoms with Crippen LogP contribution >= 0.6 is 11.3 Å². The fraction of sp³-hybridized carbons (Fsp3) is 0.357. The van der Waals surface area contributed by atoms with Gasteiger partial charge in [0.05, 0.1) is 18.3 Å². The first-order valence-electron chi connectivity index (χ1n) is 6.31. The molecular weight excluding hydrogens is 242 g/mol. The number of aryl methyl sites for hydroxylation is 1. The van der Waals surface area contributed by atoms with Crippen LogP contribution in [0.15, 0.2) is 24.4 Å².